The number of rotatable bonds is 5. The number of pyridine rings is 1. The maximum atomic E-state index is 4.41. The van der Waals surface area contributed by atoms with E-state index < -0.39 is 0 Å². The molecule has 94 valence electrons. The molecule has 0 amide bonds. The number of hydrogen-bond acceptors (Lipinski definition) is 3. The van der Waals surface area contributed by atoms with Crippen LogP contribution >= 0.6 is 0 Å². The molecule has 0 unspecified atom stereocenters. The van der Waals surface area contributed by atoms with Crippen LogP contribution in [-0.2, 0) is 6.54 Å². The summed E-state index contributed by atoms with van der Waals surface area (Å²) in [7, 11) is 4.37. The smallest absolute Gasteiger partial charge is 0.0541 e. The van der Waals surface area contributed by atoms with Crippen molar-refractivity contribution >= 4 is 0 Å². The Labute approximate surface area is 104 Å². The van der Waals surface area contributed by atoms with E-state index in [1.54, 1.807) is 0 Å². The minimum atomic E-state index is 0.394. The minimum Gasteiger partial charge on any atom is -0.309 e. The van der Waals surface area contributed by atoms with E-state index in [2.05, 4.69) is 48.4 Å². The average molecular weight is 233 g/mol. The van der Waals surface area contributed by atoms with Gasteiger partial charge in [-0.3, -0.25) is 4.98 Å². The van der Waals surface area contributed by atoms with Crippen molar-refractivity contribution in [2.75, 3.05) is 20.6 Å². The van der Waals surface area contributed by atoms with Gasteiger partial charge in [-0.15, -0.1) is 0 Å². The summed E-state index contributed by atoms with van der Waals surface area (Å²) in [5.41, 5.74) is 2.74. The first-order valence-corrected chi connectivity index (χ1v) is 6.42. The number of aryl methyl sites for hydroxylation is 1. The van der Waals surface area contributed by atoms with Crippen molar-refractivity contribution in [1.29, 1.82) is 0 Å². The van der Waals surface area contributed by atoms with Crippen LogP contribution in [0.25, 0.3) is 0 Å². The predicted octanol–water partition coefficient (Wildman–Crippen LogP) is 1.96. The minimum absolute atomic E-state index is 0.394. The molecule has 1 aromatic rings. The van der Waals surface area contributed by atoms with Gasteiger partial charge in [0.15, 0.2) is 0 Å². The van der Waals surface area contributed by atoms with Crippen LogP contribution in [0.4, 0.5) is 0 Å². The molecule has 2 rings (SSSR count). The third-order valence-corrected chi connectivity index (χ3v) is 3.97. The van der Waals surface area contributed by atoms with Gasteiger partial charge in [0.2, 0.25) is 0 Å². The molecule has 1 aliphatic rings. The van der Waals surface area contributed by atoms with Crippen LogP contribution in [0.1, 0.15) is 30.5 Å². The molecule has 0 spiro atoms. The lowest BCUT2D eigenvalue weighted by atomic mass is 9.75. The molecule has 3 nitrogen and oxygen atoms in total. The van der Waals surface area contributed by atoms with Gasteiger partial charge in [-0.1, -0.05) is 6.07 Å². The fraction of sp³-hybridized carbons (Fsp3) is 0.643. The second-order valence-corrected chi connectivity index (χ2v) is 5.40. The fourth-order valence-electron chi connectivity index (χ4n) is 2.39. The van der Waals surface area contributed by atoms with Crippen molar-refractivity contribution in [1.82, 2.24) is 15.2 Å². The van der Waals surface area contributed by atoms with Gasteiger partial charge >= 0.3 is 0 Å². The highest BCUT2D eigenvalue weighted by Gasteiger charge is 2.38. The lowest BCUT2D eigenvalue weighted by Gasteiger charge is -2.47. The molecule has 17 heavy (non-hydrogen) atoms. The van der Waals surface area contributed by atoms with Gasteiger partial charge < -0.3 is 10.2 Å². The second kappa shape index (κ2) is 5.15. The first-order chi connectivity index (χ1) is 8.12. The molecular formula is C14H23N3. The maximum Gasteiger partial charge on any atom is 0.0541 e. The van der Waals surface area contributed by atoms with Crippen LogP contribution in [0, 0.1) is 6.92 Å². The van der Waals surface area contributed by atoms with Crippen LogP contribution in [0.3, 0.4) is 0 Å². The number of likely N-dealkylation sites (N-methyl/N-ethyl adjacent to an activating group) is 1. The number of nitrogens with one attached hydrogen (secondary N) is 1. The molecule has 1 heterocycles. The lowest BCUT2D eigenvalue weighted by molar-refractivity contribution is 0.0597. The van der Waals surface area contributed by atoms with Gasteiger partial charge in [0.05, 0.1) is 5.69 Å². The van der Waals surface area contributed by atoms with Gasteiger partial charge in [-0.25, -0.2) is 0 Å². The Morgan fingerprint density at radius 3 is 2.59 bits per heavy atom. The van der Waals surface area contributed by atoms with E-state index in [9.17, 15) is 0 Å². The molecular weight excluding hydrogens is 210 g/mol. The molecule has 1 aromatic heterocycles. The van der Waals surface area contributed by atoms with Crippen molar-refractivity contribution < 1.29 is 0 Å². The second-order valence-electron chi connectivity index (χ2n) is 5.40. The van der Waals surface area contributed by atoms with Crippen LogP contribution in [-0.4, -0.2) is 36.1 Å². The molecule has 0 bridgehead atoms. The van der Waals surface area contributed by atoms with Gasteiger partial charge in [-0.2, -0.15) is 0 Å². The van der Waals surface area contributed by atoms with Crippen molar-refractivity contribution in [3.8, 4) is 0 Å². The van der Waals surface area contributed by atoms with Crippen LogP contribution in [0.2, 0.25) is 0 Å². The Morgan fingerprint density at radius 1 is 1.35 bits per heavy atom. The predicted molar refractivity (Wildman–Crippen MR) is 70.9 cm³/mol. The average Bonchev–Trinajstić information content (AvgIpc) is 2.24. The first-order valence-electron chi connectivity index (χ1n) is 6.42. The first kappa shape index (κ1) is 12.5. The third-order valence-electron chi connectivity index (χ3n) is 3.97. The quantitative estimate of drug-likeness (QED) is 0.842. The van der Waals surface area contributed by atoms with Crippen LogP contribution < -0.4 is 5.32 Å². The maximum absolute atomic E-state index is 4.41. The summed E-state index contributed by atoms with van der Waals surface area (Å²) in [6, 6.07) is 4.22. The van der Waals surface area contributed by atoms with Crippen molar-refractivity contribution in [2.24, 2.45) is 0 Å². The molecule has 1 aliphatic carbocycles. The summed E-state index contributed by atoms with van der Waals surface area (Å²) >= 11 is 0. The SMILES string of the molecule is Cc1ccc(CNCC2(N(C)C)CCC2)nc1. The zero-order valence-electron chi connectivity index (χ0n) is 11.2. The topological polar surface area (TPSA) is 28.2 Å². The van der Waals surface area contributed by atoms with Gasteiger partial charge in [0, 0.05) is 24.8 Å². The molecule has 0 radical (unpaired) electrons. The van der Waals surface area contributed by atoms with Crippen molar-refractivity contribution in [3.63, 3.8) is 0 Å². The molecule has 3 heteroatoms. The monoisotopic (exact) mass is 233 g/mol. The Hall–Kier alpha value is -0.930. The van der Waals surface area contributed by atoms with Gasteiger partial charge in [-0.05, 0) is 51.9 Å². The highest BCUT2D eigenvalue weighted by molar-refractivity contribution is 5.12. The molecule has 0 aromatic carbocycles. The lowest BCUT2D eigenvalue weighted by Crippen LogP contribution is -2.56. The van der Waals surface area contributed by atoms with Crippen LogP contribution in [0.5, 0.6) is 0 Å². The zero-order valence-corrected chi connectivity index (χ0v) is 11.2. The summed E-state index contributed by atoms with van der Waals surface area (Å²) < 4.78 is 0. The normalized spacial score (nSPS) is 18.1. The van der Waals surface area contributed by atoms with E-state index in [0.29, 0.717) is 5.54 Å². The summed E-state index contributed by atoms with van der Waals surface area (Å²) in [5.74, 6) is 0. The molecule has 0 saturated heterocycles. The van der Waals surface area contributed by atoms with Gasteiger partial charge in [0.1, 0.15) is 0 Å². The van der Waals surface area contributed by atoms with E-state index in [1.165, 1.54) is 24.8 Å². The Morgan fingerprint density at radius 2 is 2.12 bits per heavy atom. The summed E-state index contributed by atoms with van der Waals surface area (Å²) in [5, 5.41) is 3.54. The van der Waals surface area contributed by atoms with E-state index in [0.717, 1.165) is 18.8 Å². The summed E-state index contributed by atoms with van der Waals surface area (Å²) in [6.07, 6.45) is 5.92. The van der Waals surface area contributed by atoms with Gasteiger partial charge in [0.25, 0.3) is 0 Å². The molecule has 0 atom stereocenters. The highest BCUT2D eigenvalue weighted by atomic mass is 15.2. The highest BCUT2D eigenvalue weighted by Crippen LogP contribution is 2.35. The molecule has 0 aliphatic heterocycles. The largest absolute Gasteiger partial charge is 0.309 e. The Balaban J connectivity index is 1.81. The fourth-order valence-corrected chi connectivity index (χ4v) is 2.39. The van der Waals surface area contributed by atoms with E-state index in [-0.39, 0.29) is 0 Å². The summed E-state index contributed by atoms with van der Waals surface area (Å²) in [4.78, 5) is 6.78. The number of hydrogen-bond donors (Lipinski definition) is 1. The van der Waals surface area contributed by atoms with Crippen molar-refractivity contribution in [3.05, 3.63) is 29.6 Å². The Bertz CT molecular complexity index is 352. The van der Waals surface area contributed by atoms with E-state index in [4.69, 9.17) is 0 Å². The summed E-state index contributed by atoms with van der Waals surface area (Å²) in [6.45, 7) is 4.00. The Kier molecular flexibility index (Phi) is 3.79. The van der Waals surface area contributed by atoms with E-state index >= 15 is 0 Å². The number of nitrogens with zero attached hydrogens (tertiary/aromatic N) is 2. The molecule has 1 fully saturated rings. The zero-order chi connectivity index (χ0) is 12.3. The van der Waals surface area contributed by atoms with Crippen molar-refractivity contribution in [2.45, 2.75) is 38.3 Å². The standard InChI is InChI=1S/C14H23N3/c1-12-5-6-13(16-9-12)10-15-11-14(17(2)3)7-4-8-14/h5-6,9,15H,4,7-8,10-11H2,1-3H3. The molecule has 1 N–H and O–H groups in total. The number of aromatic nitrogens is 1. The van der Waals surface area contributed by atoms with E-state index in [1.807, 2.05) is 6.20 Å². The third kappa shape index (κ3) is 2.85. The van der Waals surface area contributed by atoms with Crippen LogP contribution in [0.15, 0.2) is 18.3 Å². The molecule has 1 saturated carbocycles.